The van der Waals surface area contributed by atoms with E-state index in [1.807, 2.05) is 6.92 Å². The Balaban J connectivity index is 2.49. The molecule has 0 aliphatic carbocycles. The van der Waals surface area contributed by atoms with Gasteiger partial charge < -0.3 is 16.0 Å². The normalized spacial score (nSPS) is 9.70. The zero-order valence-electron chi connectivity index (χ0n) is 11.7. The van der Waals surface area contributed by atoms with Gasteiger partial charge >= 0.3 is 0 Å². The first-order chi connectivity index (χ1) is 9.51. The van der Waals surface area contributed by atoms with Crippen LogP contribution < -0.4 is 16.0 Å². The highest BCUT2D eigenvalue weighted by Crippen LogP contribution is 2.14. The van der Waals surface area contributed by atoms with Crippen LogP contribution in [0.15, 0.2) is 24.3 Å². The Morgan fingerprint density at radius 1 is 1.10 bits per heavy atom. The maximum atomic E-state index is 11.6. The molecule has 2 amide bonds. The van der Waals surface area contributed by atoms with Crippen molar-refractivity contribution < 1.29 is 9.59 Å². The third kappa shape index (κ3) is 6.29. The molecule has 0 bridgehead atoms. The summed E-state index contributed by atoms with van der Waals surface area (Å²) in [5.41, 5.74) is 1.48. The van der Waals surface area contributed by atoms with Gasteiger partial charge in [0.1, 0.15) is 0 Å². The molecule has 20 heavy (non-hydrogen) atoms. The minimum Gasteiger partial charge on any atom is -0.332 e. The van der Waals surface area contributed by atoms with Gasteiger partial charge in [-0.15, -0.1) is 0 Å². The number of thiocarbonyl (C=S) groups is 1. The fraction of sp³-hybridized carbons (Fsp3) is 0.357. The zero-order valence-corrected chi connectivity index (χ0v) is 12.5. The smallest absolute Gasteiger partial charge is 0.224 e. The van der Waals surface area contributed by atoms with Crippen LogP contribution in [0.25, 0.3) is 0 Å². The van der Waals surface area contributed by atoms with Gasteiger partial charge in [-0.25, -0.2) is 0 Å². The minimum absolute atomic E-state index is 0.0151. The molecule has 0 radical (unpaired) electrons. The summed E-state index contributed by atoms with van der Waals surface area (Å²) in [5.74, 6) is -0.205. The van der Waals surface area contributed by atoms with Gasteiger partial charge in [0.05, 0.1) is 0 Å². The lowest BCUT2D eigenvalue weighted by molar-refractivity contribution is -0.118. The van der Waals surface area contributed by atoms with E-state index in [4.69, 9.17) is 12.2 Å². The van der Waals surface area contributed by atoms with Crippen molar-refractivity contribution in [2.75, 3.05) is 10.6 Å². The third-order valence-corrected chi connectivity index (χ3v) is 2.68. The van der Waals surface area contributed by atoms with E-state index >= 15 is 0 Å². The summed E-state index contributed by atoms with van der Waals surface area (Å²) >= 11 is 4.95. The van der Waals surface area contributed by atoms with E-state index in [-0.39, 0.29) is 16.9 Å². The molecular weight excluding hydrogens is 274 g/mol. The van der Waals surface area contributed by atoms with E-state index in [0.717, 1.165) is 24.2 Å². The van der Waals surface area contributed by atoms with E-state index in [9.17, 15) is 9.59 Å². The number of unbranched alkanes of at least 4 members (excludes halogenated alkanes) is 1. The maximum Gasteiger partial charge on any atom is 0.224 e. The summed E-state index contributed by atoms with van der Waals surface area (Å²) in [6, 6.07) is 7.12. The molecule has 0 atom stereocenters. The second-order valence-electron chi connectivity index (χ2n) is 4.36. The summed E-state index contributed by atoms with van der Waals surface area (Å²) in [6.45, 7) is 3.44. The molecule has 1 aromatic rings. The molecule has 0 saturated carbocycles. The number of carbonyl (C=O) groups is 2. The van der Waals surface area contributed by atoms with Crippen LogP contribution >= 0.6 is 12.2 Å². The lowest BCUT2D eigenvalue weighted by Crippen LogP contribution is -2.32. The first-order valence-electron chi connectivity index (χ1n) is 6.49. The van der Waals surface area contributed by atoms with Crippen LogP contribution in [0.2, 0.25) is 0 Å². The summed E-state index contributed by atoms with van der Waals surface area (Å²) in [6.07, 6.45) is 2.41. The van der Waals surface area contributed by atoms with Crippen molar-refractivity contribution in [2.45, 2.75) is 33.1 Å². The molecule has 0 fully saturated rings. The molecule has 1 aromatic carbocycles. The van der Waals surface area contributed by atoms with Crippen LogP contribution in [0.5, 0.6) is 0 Å². The molecule has 0 spiro atoms. The standard InChI is InChI=1S/C14H19N3O2S/c1-3-4-5-13(19)16-11-6-8-12(9-7-11)17-14(20)15-10(2)18/h6-9H,3-5H2,1-2H3,(H,16,19)(H2,15,17,18,20). The number of amides is 2. The predicted molar refractivity (Wildman–Crippen MR) is 84.6 cm³/mol. The van der Waals surface area contributed by atoms with Gasteiger partial charge in [0, 0.05) is 24.7 Å². The van der Waals surface area contributed by atoms with Crippen molar-refractivity contribution in [3.63, 3.8) is 0 Å². The highest BCUT2D eigenvalue weighted by Gasteiger charge is 2.03. The molecule has 0 aromatic heterocycles. The maximum absolute atomic E-state index is 11.6. The van der Waals surface area contributed by atoms with Gasteiger partial charge in [-0.3, -0.25) is 9.59 Å². The van der Waals surface area contributed by atoms with Crippen molar-refractivity contribution in [1.29, 1.82) is 0 Å². The molecule has 0 aliphatic rings. The largest absolute Gasteiger partial charge is 0.332 e. The van der Waals surface area contributed by atoms with Crippen LogP contribution in [0.1, 0.15) is 33.1 Å². The van der Waals surface area contributed by atoms with Crippen molar-refractivity contribution in [3.8, 4) is 0 Å². The van der Waals surface area contributed by atoms with Gasteiger partial charge in [0.15, 0.2) is 5.11 Å². The van der Waals surface area contributed by atoms with E-state index in [2.05, 4.69) is 16.0 Å². The number of carbonyl (C=O) groups excluding carboxylic acids is 2. The molecule has 0 heterocycles. The van der Waals surface area contributed by atoms with Gasteiger partial charge in [-0.2, -0.15) is 0 Å². The second-order valence-corrected chi connectivity index (χ2v) is 4.77. The van der Waals surface area contributed by atoms with Crippen molar-refractivity contribution in [2.24, 2.45) is 0 Å². The van der Waals surface area contributed by atoms with E-state index < -0.39 is 0 Å². The Hall–Kier alpha value is -1.95. The number of rotatable bonds is 5. The molecule has 108 valence electrons. The van der Waals surface area contributed by atoms with Gasteiger partial charge in [0.25, 0.3) is 0 Å². The summed E-state index contributed by atoms with van der Waals surface area (Å²) < 4.78 is 0. The quantitative estimate of drug-likeness (QED) is 0.730. The minimum atomic E-state index is -0.220. The monoisotopic (exact) mass is 293 g/mol. The fourth-order valence-corrected chi connectivity index (χ4v) is 1.78. The molecule has 1 rings (SSSR count). The topological polar surface area (TPSA) is 70.2 Å². The first kappa shape index (κ1) is 16.1. The number of benzene rings is 1. The Morgan fingerprint density at radius 2 is 1.65 bits per heavy atom. The molecular formula is C14H19N3O2S. The third-order valence-electron chi connectivity index (χ3n) is 2.47. The SMILES string of the molecule is CCCCC(=O)Nc1ccc(NC(=S)NC(C)=O)cc1. The van der Waals surface area contributed by atoms with E-state index in [1.165, 1.54) is 6.92 Å². The Morgan fingerprint density at radius 3 is 2.15 bits per heavy atom. The van der Waals surface area contributed by atoms with Crippen LogP contribution in [0.4, 0.5) is 11.4 Å². The van der Waals surface area contributed by atoms with Gasteiger partial charge in [-0.05, 0) is 42.9 Å². The van der Waals surface area contributed by atoms with E-state index in [0.29, 0.717) is 6.42 Å². The number of nitrogens with one attached hydrogen (secondary N) is 3. The van der Waals surface area contributed by atoms with Crippen molar-refractivity contribution in [1.82, 2.24) is 5.32 Å². The van der Waals surface area contributed by atoms with Gasteiger partial charge in [0.2, 0.25) is 11.8 Å². The first-order valence-corrected chi connectivity index (χ1v) is 6.90. The molecule has 0 saturated heterocycles. The van der Waals surface area contributed by atoms with Gasteiger partial charge in [-0.1, -0.05) is 13.3 Å². The lowest BCUT2D eigenvalue weighted by atomic mass is 10.2. The highest BCUT2D eigenvalue weighted by molar-refractivity contribution is 7.80. The van der Waals surface area contributed by atoms with Crippen LogP contribution in [-0.2, 0) is 9.59 Å². The Bertz CT molecular complexity index is 486. The average Bonchev–Trinajstić information content (AvgIpc) is 2.37. The summed E-state index contributed by atoms with van der Waals surface area (Å²) in [4.78, 5) is 22.4. The summed E-state index contributed by atoms with van der Waals surface area (Å²) in [7, 11) is 0. The van der Waals surface area contributed by atoms with Crippen LogP contribution in [0, 0.1) is 0 Å². The number of hydrogen-bond donors (Lipinski definition) is 3. The molecule has 0 aliphatic heterocycles. The molecule has 5 nitrogen and oxygen atoms in total. The van der Waals surface area contributed by atoms with Crippen molar-refractivity contribution >= 4 is 40.5 Å². The predicted octanol–water partition coefficient (Wildman–Crippen LogP) is 2.65. The van der Waals surface area contributed by atoms with Crippen molar-refractivity contribution in [3.05, 3.63) is 24.3 Å². The number of anilines is 2. The van der Waals surface area contributed by atoms with E-state index in [1.54, 1.807) is 24.3 Å². The lowest BCUT2D eigenvalue weighted by Gasteiger charge is -2.09. The molecule has 6 heteroatoms. The molecule has 0 unspecified atom stereocenters. The fourth-order valence-electron chi connectivity index (χ4n) is 1.52. The number of hydrogen-bond acceptors (Lipinski definition) is 3. The second kappa shape index (κ2) is 8.27. The van der Waals surface area contributed by atoms with Crippen LogP contribution in [0.3, 0.4) is 0 Å². The Labute approximate surface area is 124 Å². The zero-order chi connectivity index (χ0) is 15.0. The Kier molecular flexibility index (Phi) is 6.66. The summed E-state index contributed by atoms with van der Waals surface area (Å²) in [5, 5.41) is 8.42. The average molecular weight is 293 g/mol. The highest BCUT2D eigenvalue weighted by atomic mass is 32.1. The molecule has 3 N–H and O–H groups in total. The van der Waals surface area contributed by atoms with Crippen LogP contribution in [-0.4, -0.2) is 16.9 Å².